The van der Waals surface area contributed by atoms with Crippen LogP contribution in [0.2, 0.25) is 0 Å². The van der Waals surface area contributed by atoms with Crippen molar-refractivity contribution in [2.75, 3.05) is 0 Å². The number of hydrogen-bond donors (Lipinski definition) is 1. The van der Waals surface area contributed by atoms with Crippen LogP contribution in [0.5, 0.6) is 5.88 Å². The monoisotopic (exact) mass is 258 g/mol. The van der Waals surface area contributed by atoms with Crippen LogP contribution in [0.1, 0.15) is 24.2 Å². The van der Waals surface area contributed by atoms with E-state index < -0.39 is 0 Å². The largest absolute Gasteiger partial charge is 0.470 e. The lowest BCUT2D eigenvalue weighted by Crippen LogP contribution is -2.10. The highest BCUT2D eigenvalue weighted by Crippen LogP contribution is 2.20. The van der Waals surface area contributed by atoms with Crippen LogP contribution < -0.4 is 10.5 Å². The van der Waals surface area contributed by atoms with Crippen molar-refractivity contribution in [3.63, 3.8) is 0 Å². The normalized spacial score (nSPS) is 11.8. The Bertz CT molecular complexity index is 543. The molecule has 1 heterocycles. The lowest BCUT2D eigenvalue weighted by Gasteiger charge is -2.14. The average molecular weight is 258 g/mol. The minimum absolute atomic E-state index is 0.0692. The van der Waals surface area contributed by atoms with Gasteiger partial charge in [-0.25, -0.2) is 4.98 Å². The highest BCUT2D eigenvalue weighted by Gasteiger charge is 2.08. The minimum atomic E-state index is -0.0692. The first-order chi connectivity index (χ1) is 8.66. The molecule has 3 nitrogen and oxygen atoms in total. The number of benzene rings is 1. The van der Waals surface area contributed by atoms with Crippen LogP contribution in [0.15, 0.2) is 48.7 Å². The van der Waals surface area contributed by atoms with Gasteiger partial charge in [0, 0.05) is 17.8 Å². The van der Waals surface area contributed by atoms with Gasteiger partial charge < -0.3 is 10.5 Å². The van der Waals surface area contributed by atoms with E-state index in [0.29, 0.717) is 10.9 Å². The van der Waals surface area contributed by atoms with Crippen molar-refractivity contribution in [2.24, 2.45) is 5.73 Å². The van der Waals surface area contributed by atoms with Crippen LogP contribution in [0.3, 0.4) is 0 Å². The van der Waals surface area contributed by atoms with Gasteiger partial charge >= 0.3 is 0 Å². The van der Waals surface area contributed by atoms with Gasteiger partial charge in [0.25, 0.3) is 0 Å². The highest BCUT2D eigenvalue weighted by atomic mass is 32.1. The Hall–Kier alpha value is -1.94. The zero-order valence-electron chi connectivity index (χ0n) is 10.0. The Kier molecular flexibility index (Phi) is 3.89. The number of nitrogens with zero attached hydrogens (tertiary/aromatic N) is 1. The topological polar surface area (TPSA) is 48.1 Å². The molecule has 18 heavy (non-hydrogen) atoms. The quantitative estimate of drug-likeness (QED) is 0.857. The molecule has 1 aromatic carbocycles. The van der Waals surface area contributed by atoms with Crippen molar-refractivity contribution in [3.05, 3.63) is 59.8 Å². The first kappa shape index (κ1) is 12.5. The lowest BCUT2D eigenvalue weighted by atomic mass is 10.1. The van der Waals surface area contributed by atoms with E-state index in [9.17, 15) is 0 Å². The molecule has 92 valence electrons. The minimum Gasteiger partial charge on any atom is -0.470 e. The number of nitrogens with two attached hydrogens (primary N) is 1. The summed E-state index contributed by atoms with van der Waals surface area (Å²) in [6, 6.07) is 13.5. The molecule has 0 spiro atoms. The third kappa shape index (κ3) is 3.05. The third-order valence-electron chi connectivity index (χ3n) is 2.59. The van der Waals surface area contributed by atoms with Crippen LogP contribution in [0.4, 0.5) is 0 Å². The number of thiocarbonyl (C=S) groups is 1. The van der Waals surface area contributed by atoms with E-state index in [1.54, 1.807) is 18.3 Å². The van der Waals surface area contributed by atoms with E-state index >= 15 is 0 Å². The molecule has 0 fully saturated rings. The zero-order chi connectivity index (χ0) is 13.0. The smallest absolute Gasteiger partial charge is 0.214 e. The Morgan fingerprint density at radius 1 is 1.28 bits per heavy atom. The molecule has 0 aliphatic rings. The van der Waals surface area contributed by atoms with Crippen molar-refractivity contribution in [1.82, 2.24) is 4.98 Å². The van der Waals surface area contributed by atoms with Crippen LogP contribution >= 0.6 is 12.2 Å². The van der Waals surface area contributed by atoms with Gasteiger partial charge in [-0.3, -0.25) is 0 Å². The first-order valence-electron chi connectivity index (χ1n) is 5.64. The molecule has 1 aromatic heterocycles. The third-order valence-corrected chi connectivity index (χ3v) is 2.82. The number of pyridine rings is 1. The Morgan fingerprint density at radius 2 is 2.00 bits per heavy atom. The SMILES string of the molecule is CC(Oc1cc(C(N)=S)ccn1)c1ccccc1. The van der Waals surface area contributed by atoms with E-state index in [0.717, 1.165) is 11.1 Å². The van der Waals surface area contributed by atoms with Gasteiger partial charge in [0.1, 0.15) is 11.1 Å². The van der Waals surface area contributed by atoms with E-state index in [-0.39, 0.29) is 6.10 Å². The molecule has 0 saturated heterocycles. The van der Waals surface area contributed by atoms with Crippen LogP contribution in [-0.2, 0) is 0 Å². The predicted octanol–water partition coefficient (Wildman–Crippen LogP) is 2.86. The summed E-state index contributed by atoms with van der Waals surface area (Å²) in [5.41, 5.74) is 7.43. The molecular formula is C14H14N2OS. The number of aromatic nitrogens is 1. The van der Waals surface area contributed by atoms with Gasteiger partial charge in [0.15, 0.2) is 0 Å². The van der Waals surface area contributed by atoms with Crippen molar-refractivity contribution in [1.29, 1.82) is 0 Å². The summed E-state index contributed by atoms with van der Waals surface area (Å²) in [7, 11) is 0. The number of ether oxygens (including phenoxy) is 1. The molecule has 0 aliphatic carbocycles. The molecule has 0 aliphatic heterocycles. The molecule has 2 N–H and O–H groups in total. The average Bonchev–Trinajstić information content (AvgIpc) is 2.40. The standard InChI is InChI=1S/C14H14N2OS/c1-10(11-5-3-2-4-6-11)17-13-9-12(14(15)18)7-8-16-13/h2-10H,1H3,(H2,15,18). The number of rotatable bonds is 4. The maximum atomic E-state index is 5.76. The summed E-state index contributed by atoms with van der Waals surface area (Å²) < 4.78 is 5.76. The fourth-order valence-corrected chi connectivity index (χ4v) is 1.73. The number of hydrogen-bond acceptors (Lipinski definition) is 3. The van der Waals surface area contributed by atoms with Crippen LogP contribution in [0.25, 0.3) is 0 Å². The Labute approximate surface area is 112 Å². The van der Waals surface area contributed by atoms with Gasteiger partial charge in [-0.15, -0.1) is 0 Å². The van der Waals surface area contributed by atoms with Gasteiger partial charge in [-0.2, -0.15) is 0 Å². The van der Waals surface area contributed by atoms with E-state index in [4.69, 9.17) is 22.7 Å². The summed E-state index contributed by atoms with van der Waals surface area (Å²) in [4.78, 5) is 4.49. The lowest BCUT2D eigenvalue weighted by molar-refractivity contribution is 0.217. The molecule has 0 bridgehead atoms. The van der Waals surface area contributed by atoms with Crippen molar-refractivity contribution < 1.29 is 4.74 Å². The molecule has 0 amide bonds. The molecule has 0 saturated carbocycles. The van der Waals surface area contributed by atoms with Gasteiger partial charge in [0.05, 0.1) is 0 Å². The van der Waals surface area contributed by atoms with Crippen molar-refractivity contribution in [2.45, 2.75) is 13.0 Å². The maximum absolute atomic E-state index is 5.76. The second-order valence-electron chi connectivity index (χ2n) is 3.92. The highest BCUT2D eigenvalue weighted by molar-refractivity contribution is 7.80. The molecular weight excluding hydrogens is 244 g/mol. The molecule has 4 heteroatoms. The Morgan fingerprint density at radius 3 is 2.67 bits per heavy atom. The zero-order valence-corrected chi connectivity index (χ0v) is 10.9. The van der Waals surface area contributed by atoms with Gasteiger partial charge in [-0.05, 0) is 18.6 Å². The van der Waals surface area contributed by atoms with Crippen molar-refractivity contribution >= 4 is 17.2 Å². The molecule has 2 rings (SSSR count). The second-order valence-corrected chi connectivity index (χ2v) is 4.36. The van der Waals surface area contributed by atoms with Gasteiger partial charge in [0.2, 0.25) is 5.88 Å². The van der Waals surface area contributed by atoms with E-state index in [2.05, 4.69) is 4.98 Å². The summed E-state index contributed by atoms with van der Waals surface area (Å²) >= 11 is 4.92. The summed E-state index contributed by atoms with van der Waals surface area (Å²) in [6.45, 7) is 1.98. The second kappa shape index (κ2) is 5.60. The van der Waals surface area contributed by atoms with Crippen LogP contribution in [0, 0.1) is 0 Å². The molecule has 1 unspecified atom stereocenters. The summed E-state index contributed by atoms with van der Waals surface area (Å²) in [5.74, 6) is 0.525. The fraction of sp³-hybridized carbons (Fsp3) is 0.143. The molecule has 0 radical (unpaired) electrons. The summed E-state index contributed by atoms with van der Waals surface area (Å²) in [6.07, 6.45) is 1.57. The molecule has 1 atom stereocenters. The van der Waals surface area contributed by atoms with Crippen molar-refractivity contribution in [3.8, 4) is 5.88 Å². The fourth-order valence-electron chi connectivity index (χ4n) is 1.60. The predicted molar refractivity (Wildman–Crippen MR) is 75.6 cm³/mol. The van der Waals surface area contributed by atoms with E-state index in [1.165, 1.54) is 0 Å². The Balaban J connectivity index is 2.14. The molecule has 2 aromatic rings. The maximum Gasteiger partial charge on any atom is 0.214 e. The first-order valence-corrected chi connectivity index (χ1v) is 6.05. The van der Waals surface area contributed by atoms with Gasteiger partial charge in [-0.1, -0.05) is 42.5 Å². The van der Waals surface area contributed by atoms with E-state index in [1.807, 2.05) is 37.3 Å². The van der Waals surface area contributed by atoms with Crippen LogP contribution in [-0.4, -0.2) is 9.97 Å². The summed E-state index contributed by atoms with van der Waals surface area (Å²) in [5, 5.41) is 0.